The Labute approximate surface area is 144 Å². The average molecular weight is 317 g/mol. The number of ether oxygens (including phenoxy) is 2. The molecule has 106 valence electrons. The van der Waals surface area contributed by atoms with Gasteiger partial charge in [-0.1, -0.05) is 41.9 Å². The Bertz CT molecular complexity index is 626. The zero-order valence-corrected chi connectivity index (χ0v) is 13.9. The van der Waals surface area contributed by atoms with Crippen LogP contribution in [0.15, 0.2) is 42.5 Å². The van der Waals surface area contributed by atoms with Crippen LogP contribution in [0.5, 0.6) is 11.5 Å². The van der Waals surface area contributed by atoms with Gasteiger partial charge in [0.05, 0.1) is 19.2 Å². The van der Waals surface area contributed by atoms with Gasteiger partial charge in [-0.15, -0.1) is 0 Å². The second-order valence-electron chi connectivity index (χ2n) is 3.98. The Morgan fingerprint density at radius 3 is 2.33 bits per heavy atom. The number of benzene rings is 2. The molecular formula is C15H15ClLiO3P. The molecule has 0 saturated carbocycles. The maximum Gasteiger partial charge on any atom is 1.00 e. The zero-order chi connectivity index (χ0) is 14.5. The smallest absolute Gasteiger partial charge is 1.00 e. The largest absolute Gasteiger partial charge is 1.00 e. The summed E-state index contributed by atoms with van der Waals surface area (Å²) >= 11 is 6.08. The molecule has 0 aliphatic carbocycles. The minimum Gasteiger partial charge on any atom is -1.00 e. The summed E-state index contributed by atoms with van der Waals surface area (Å²) < 4.78 is 10.5. The second kappa shape index (κ2) is 8.47. The molecule has 0 saturated heterocycles. The summed E-state index contributed by atoms with van der Waals surface area (Å²) in [5.74, 6) is 0.833. The minimum absolute atomic E-state index is 0. The topological polar surface area (TPSA) is 35.5 Å². The Balaban J connectivity index is 0.00000220. The van der Waals surface area contributed by atoms with E-state index in [1.165, 1.54) is 14.2 Å². The van der Waals surface area contributed by atoms with Gasteiger partial charge in [-0.2, -0.15) is 0 Å². The molecule has 0 bridgehead atoms. The fraction of sp³-hybridized carbons (Fsp3) is 0.133. The summed E-state index contributed by atoms with van der Waals surface area (Å²) in [6, 6.07) is 12.9. The van der Waals surface area contributed by atoms with Crippen molar-refractivity contribution in [1.82, 2.24) is 0 Å². The van der Waals surface area contributed by atoms with Crippen molar-refractivity contribution in [2.75, 3.05) is 14.2 Å². The molecule has 0 aliphatic heterocycles. The molecule has 0 heterocycles. The molecule has 0 radical (unpaired) electrons. The first kappa shape index (κ1) is 18.1. The van der Waals surface area contributed by atoms with Crippen LogP contribution in [0, 0.1) is 0 Å². The third-order valence-corrected chi connectivity index (χ3v) is 4.15. The number of halogens is 1. The molecule has 2 rings (SSSR count). The monoisotopic (exact) mass is 316 g/mol. The van der Waals surface area contributed by atoms with Crippen LogP contribution >= 0.6 is 20.2 Å². The third-order valence-electron chi connectivity index (χ3n) is 2.75. The van der Waals surface area contributed by atoms with Crippen LogP contribution in [0.1, 0.15) is 11.8 Å². The van der Waals surface area contributed by atoms with E-state index in [2.05, 4.69) is 0 Å². The minimum atomic E-state index is -0.0626. The van der Waals surface area contributed by atoms with Crippen molar-refractivity contribution in [3.05, 3.63) is 53.1 Å². The molecule has 2 aromatic carbocycles. The Hall–Kier alpha value is -0.973. The van der Waals surface area contributed by atoms with Gasteiger partial charge >= 0.3 is 18.9 Å². The molecule has 0 amide bonds. The van der Waals surface area contributed by atoms with Crippen LogP contribution in [-0.4, -0.2) is 19.7 Å². The third kappa shape index (κ3) is 4.25. The summed E-state index contributed by atoms with van der Waals surface area (Å²) in [5, 5.41) is 1.36. The normalized spacial score (nSPS) is 10.2. The van der Waals surface area contributed by atoms with E-state index in [-0.39, 0.29) is 34.4 Å². The average Bonchev–Trinajstić information content (AvgIpc) is 2.47. The van der Waals surface area contributed by atoms with Crippen molar-refractivity contribution in [2.45, 2.75) is 0 Å². The SMILES string of the molecule is COc1ccc(Cl)c(OC)c1C(=O)Pc1ccccc1.[H-].[Li+]. The van der Waals surface area contributed by atoms with E-state index in [0.717, 1.165) is 5.30 Å². The maximum absolute atomic E-state index is 12.5. The van der Waals surface area contributed by atoms with Gasteiger partial charge in [-0.25, -0.2) is 0 Å². The molecule has 6 heteroatoms. The molecule has 0 fully saturated rings. The van der Waals surface area contributed by atoms with Crippen molar-refractivity contribution in [1.29, 1.82) is 0 Å². The first-order chi connectivity index (χ1) is 9.67. The summed E-state index contributed by atoms with van der Waals surface area (Å²) in [4.78, 5) is 12.5. The van der Waals surface area contributed by atoms with Gasteiger partial charge in [0, 0.05) is 0 Å². The van der Waals surface area contributed by atoms with Crippen molar-refractivity contribution in [2.24, 2.45) is 0 Å². The summed E-state index contributed by atoms with van der Waals surface area (Å²) in [5.41, 5.74) is 0.331. The molecule has 21 heavy (non-hydrogen) atoms. The van der Waals surface area contributed by atoms with Crippen LogP contribution in [0.25, 0.3) is 0 Å². The van der Waals surface area contributed by atoms with Crippen LogP contribution in [-0.2, 0) is 0 Å². The van der Waals surface area contributed by atoms with Crippen molar-refractivity contribution < 1.29 is 34.6 Å². The molecular weight excluding hydrogens is 302 g/mol. The van der Waals surface area contributed by atoms with E-state index in [1.807, 2.05) is 30.3 Å². The molecule has 1 unspecified atom stereocenters. The van der Waals surface area contributed by atoms with E-state index in [1.54, 1.807) is 12.1 Å². The second-order valence-corrected chi connectivity index (χ2v) is 5.67. The van der Waals surface area contributed by atoms with E-state index in [4.69, 9.17) is 21.1 Å². The van der Waals surface area contributed by atoms with Crippen LogP contribution in [0.2, 0.25) is 5.02 Å². The predicted molar refractivity (Wildman–Crippen MR) is 84.4 cm³/mol. The molecule has 3 nitrogen and oxygen atoms in total. The quantitative estimate of drug-likeness (QED) is 0.599. The van der Waals surface area contributed by atoms with Crippen LogP contribution in [0.4, 0.5) is 0 Å². The van der Waals surface area contributed by atoms with Crippen molar-refractivity contribution in [3.63, 3.8) is 0 Å². The molecule has 0 aromatic heterocycles. The zero-order valence-electron chi connectivity index (χ0n) is 13.1. The van der Waals surface area contributed by atoms with Gasteiger partial charge in [-0.3, -0.25) is 4.79 Å². The summed E-state index contributed by atoms with van der Waals surface area (Å²) in [7, 11) is 3.00. The number of methoxy groups -OCH3 is 2. The van der Waals surface area contributed by atoms with Gasteiger partial charge < -0.3 is 10.9 Å². The van der Waals surface area contributed by atoms with Crippen molar-refractivity contribution >= 4 is 31.0 Å². The number of rotatable bonds is 5. The number of carbonyl (C=O) groups excluding carboxylic acids is 1. The van der Waals surface area contributed by atoms with E-state index < -0.39 is 0 Å². The number of hydrogen-bond donors (Lipinski definition) is 0. The summed E-state index contributed by atoms with van der Waals surface area (Å²) in [6.07, 6.45) is 0. The van der Waals surface area contributed by atoms with Gasteiger partial charge in [0.15, 0.2) is 11.3 Å². The molecule has 0 N–H and O–H groups in total. The predicted octanol–water partition coefficient (Wildman–Crippen LogP) is 0.618. The Morgan fingerprint density at radius 2 is 1.76 bits per heavy atom. The Morgan fingerprint density at radius 1 is 1.10 bits per heavy atom. The fourth-order valence-electron chi connectivity index (χ4n) is 1.84. The molecule has 0 aliphatic rings. The van der Waals surface area contributed by atoms with E-state index >= 15 is 0 Å². The van der Waals surface area contributed by atoms with Gasteiger partial charge in [0.1, 0.15) is 11.3 Å². The molecule has 2 aromatic rings. The van der Waals surface area contributed by atoms with Gasteiger partial charge in [0.25, 0.3) is 0 Å². The van der Waals surface area contributed by atoms with Gasteiger partial charge in [-0.05, 0) is 26.0 Å². The molecule has 0 spiro atoms. The molecule has 1 atom stereocenters. The van der Waals surface area contributed by atoms with Gasteiger partial charge in [0.2, 0.25) is 0 Å². The van der Waals surface area contributed by atoms with E-state index in [9.17, 15) is 4.79 Å². The van der Waals surface area contributed by atoms with E-state index in [0.29, 0.717) is 22.1 Å². The Kier molecular flexibility index (Phi) is 7.29. The maximum atomic E-state index is 12.5. The number of hydrogen-bond acceptors (Lipinski definition) is 3. The van der Waals surface area contributed by atoms with Crippen LogP contribution in [0.3, 0.4) is 0 Å². The van der Waals surface area contributed by atoms with Crippen LogP contribution < -0.4 is 33.6 Å². The fourth-order valence-corrected chi connectivity index (χ4v) is 3.06. The van der Waals surface area contributed by atoms with Crippen molar-refractivity contribution in [3.8, 4) is 11.5 Å². The standard InChI is InChI=1S/C15H14ClO3P.Li.H/c1-18-12-9-8-11(16)14(19-2)13(12)15(17)20-10-6-4-3-5-7-10;;/h3-9,20H,1-2H3;;/q;+1;-1. The number of carbonyl (C=O) groups is 1. The summed E-state index contributed by atoms with van der Waals surface area (Å²) in [6.45, 7) is 0. The first-order valence-electron chi connectivity index (χ1n) is 5.94. The first-order valence-corrected chi connectivity index (χ1v) is 7.32.